The van der Waals surface area contributed by atoms with Gasteiger partial charge in [0.15, 0.2) is 0 Å². The van der Waals surface area contributed by atoms with Crippen molar-refractivity contribution >= 4 is 11.7 Å². The molecule has 1 aromatic rings. The number of H-pyrrole nitrogens is 1. The summed E-state index contributed by atoms with van der Waals surface area (Å²) in [5, 5.41) is 6.46. The van der Waals surface area contributed by atoms with Crippen molar-refractivity contribution in [2.24, 2.45) is 0 Å². The number of carbonyl (C=O) groups excluding carboxylic acids is 1. The van der Waals surface area contributed by atoms with Crippen LogP contribution in [0.3, 0.4) is 0 Å². The number of nitrogens with one attached hydrogen (secondary N) is 1. The molecule has 1 aromatic heterocycles. The summed E-state index contributed by atoms with van der Waals surface area (Å²) in [5.74, 6) is 0.351. The minimum atomic E-state index is -0.0129. The number of rotatable bonds is 2. The van der Waals surface area contributed by atoms with Gasteiger partial charge in [-0.05, 0) is 12.8 Å². The van der Waals surface area contributed by atoms with Crippen LogP contribution in [0.15, 0.2) is 6.07 Å². The third kappa shape index (κ3) is 2.78. The molecule has 1 heterocycles. The Labute approximate surface area is 101 Å². The van der Waals surface area contributed by atoms with Crippen molar-refractivity contribution in [2.45, 2.75) is 44.6 Å². The summed E-state index contributed by atoms with van der Waals surface area (Å²) in [5.41, 5.74) is 5.99. The number of carbonyl (C=O) groups is 1. The molecule has 5 nitrogen and oxygen atoms in total. The summed E-state index contributed by atoms with van der Waals surface area (Å²) in [4.78, 5) is 14.0. The first-order valence-electron chi connectivity index (χ1n) is 6.26. The van der Waals surface area contributed by atoms with Crippen LogP contribution in [0.5, 0.6) is 0 Å². The Morgan fingerprint density at radius 1 is 1.41 bits per heavy atom. The Hall–Kier alpha value is -1.52. The standard InChI is InChI=1S/C12H20N4O/c1-16(9-6-4-2-3-5-7-9)12(17)10-8-11(13)15-14-10/h8-9H,2-7H2,1H3,(H3,13,14,15). The number of hydrogen-bond donors (Lipinski definition) is 2. The van der Waals surface area contributed by atoms with Crippen molar-refractivity contribution in [1.82, 2.24) is 15.1 Å². The van der Waals surface area contributed by atoms with E-state index in [4.69, 9.17) is 5.73 Å². The zero-order chi connectivity index (χ0) is 12.3. The molecule has 0 atom stereocenters. The second-order valence-corrected chi connectivity index (χ2v) is 4.77. The van der Waals surface area contributed by atoms with Crippen molar-refractivity contribution in [1.29, 1.82) is 0 Å². The van der Waals surface area contributed by atoms with Gasteiger partial charge in [-0.2, -0.15) is 5.10 Å². The molecule has 0 spiro atoms. The SMILES string of the molecule is CN(C(=O)c1cc(N)n[nH]1)C1CCCCCC1. The van der Waals surface area contributed by atoms with E-state index in [0.717, 1.165) is 12.8 Å². The number of aromatic amines is 1. The third-order valence-corrected chi connectivity index (χ3v) is 3.52. The lowest BCUT2D eigenvalue weighted by Gasteiger charge is -2.26. The van der Waals surface area contributed by atoms with Crippen LogP contribution < -0.4 is 5.73 Å². The molecule has 0 unspecified atom stereocenters. The Balaban J connectivity index is 2.03. The Bertz CT molecular complexity index is 380. The molecule has 1 aliphatic carbocycles. The van der Waals surface area contributed by atoms with Crippen LogP contribution in [0.4, 0.5) is 5.82 Å². The molecule has 2 rings (SSSR count). The fourth-order valence-corrected chi connectivity index (χ4v) is 2.45. The van der Waals surface area contributed by atoms with Crippen LogP contribution >= 0.6 is 0 Å². The van der Waals surface area contributed by atoms with E-state index in [0.29, 0.717) is 17.6 Å². The van der Waals surface area contributed by atoms with Crippen LogP contribution in [0.2, 0.25) is 0 Å². The number of hydrogen-bond acceptors (Lipinski definition) is 3. The van der Waals surface area contributed by atoms with Gasteiger partial charge in [0.05, 0.1) is 0 Å². The van der Waals surface area contributed by atoms with Crippen LogP contribution in [-0.4, -0.2) is 34.1 Å². The highest BCUT2D eigenvalue weighted by Crippen LogP contribution is 2.22. The first kappa shape index (κ1) is 12.0. The summed E-state index contributed by atoms with van der Waals surface area (Å²) >= 11 is 0. The highest BCUT2D eigenvalue weighted by Gasteiger charge is 2.23. The van der Waals surface area contributed by atoms with Gasteiger partial charge >= 0.3 is 0 Å². The molecule has 1 saturated carbocycles. The average molecular weight is 236 g/mol. The number of nitrogens with two attached hydrogens (primary N) is 1. The van der Waals surface area contributed by atoms with E-state index in [9.17, 15) is 4.79 Å². The first-order chi connectivity index (χ1) is 8.18. The monoisotopic (exact) mass is 236 g/mol. The van der Waals surface area contributed by atoms with Gasteiger partial charge < -0.3 is 10.6 Å². The van der Waals surface area contributed by atoms with E-state index in [1.165, 1.54) is 25.7 Å². The summed E-state index contributed by atoms with van der Waals surface area (Å²) in [6.45, 7) is 0. The highest BCUT2D eigenvalue weighted by molar-refractivity contribution is 5.93. The summed E-state index contributed by atoms with van der Waals surface area (Å²) in [7, 11) is 1.87. The number of amides is 1. The zero-order valence-electron chi connectivity index (χ0n) is 10.3. The molecular weight excluding hydrogens is 216 g/mol. The maximum Gasteiger partial charge on any atom is 0.271 e. The number of anilines is 1. The molecule has 17 heavy (non-hydrogen) atoms. The molecule has 1 fully saturated rings. The van der Waals surface area contributed by atoms with E-state index in [-0.39, 0.29) is 5.91 Å². The van der Waals surface area contributed by atoms with Crippen LogP contribution in [-0.2, 0) is 0 Å². The predicted octanol–water partition coefficient (Wildman–Crippen LogP) is 1.79. The van der Waals surface area contributed by atoms with E-state index < -0.39 is 0 Å². The van der Waals surface area contributed by atoms with Gasteiger partial charge in [-0.3, -0.25) is 9.89 Å². The molecule has 0 radical (unpaired) electrons. The molecular formula is C12H20N4O. The van der Waals surface area contributed by atoms with Crippen molar-refractivity contribution in [2.75, 3.05) is 12.8 Å². The van der Waals surface area contributed by atoms with E-state index in [1.807, 2.05) is 11.9 Å². The lowest BCUT2D eigenvalue weighted by Crippen LogP contribution is -2.36. The van der Waals surface area contributed by atoms with Crippen molar-refractivity contribution in [3.8, 4) is 0 Å². The number of nitrogens with zero attached hydrogens (tertiary/aromatic N) is 2. The minimum Gasteiger partial charge on any atom is -0.382 e. The molecule has 0 aliphatic heterocycles. The van der Waals surface area contributed by atoms with Crippen molar-refractivity contribution < 1.29 is 4.79 Å². The fourth-order valence-electron chi connectivity index (χ4n) is 2.45. The van der Waals surface area contributed by atoms with Crippen molar-refractivity contribution in [3.63, 3.8) is 0 Å². The third-order valence-electron chi connectivity index (χ3n) is 3.52. The molecule has 5 heteroatoms. The fraction of sp³-hybridized carbons (Fsp3) is 0.667. The lowest BCUT2D eigenvalue weighted by molar-refractivity contribution is 0.0711. The second kappa shape index (κ2) is 5.21. The maximum absolute atomic E-state index is 12.2. The lowest BCUT2D eigenvalue weighted by atomic mass is 10.1. The van der Waals surface area contributed by atoms with Crippen LogP contribution in [0, 0.1) is 0 Å². The Kier molecular flexibility index (Phi) is 3.66. The van der Waals surface area contributed by atoms with Gasteiger partial charge in [-0.25, -0.2) is 0 Å². The molecule has 0 saturated heterocycles. The van der Waals surface area contributed by atoms with Gasteiger partial charge in [0.2, 0.25) is 0 Å². The molecule has 0 aromatic carbocycles. The number of aromatic nitrogens is 2. The summed E-state index contributed by atoms with van der Waals surface area (Å²) in [6.07, 6.45) is 7.21. The molecule has 0 bridgehead atoms. The van der Waals surface area contributed by atoms with Crippen LogP contribution in [0.1, 0.15) is 49.0 Å². The Morgan fingerprint density at radius 2 is 2.06 bits per heavy atom. The van der Waals surface area contributed by atoms with E-state index in [1.54, 1.807) is 6.07 Å². The largest absolute Gasteiger partial charge is 0.382 e. The predicted molar refractivity (Wildman–Crippen MR) is 66.6 cm³/mol. The van der Waals surface area contributed by atoms with Gasteiger partial charge in [0.1, 0.15) is 11.5 Å². The zero-order valence-corrected chi connectivity index (χ0v) is 10.3. The topological polar surface area (TPSA) is 75.0 Å². The highest BCUT2D eigenvalue weighted by atomic mass is 16.2. The Morgan fingerprint density at radius 3 is 2.59 bits per heavy atom. The molecule has 94 valence electrons. The molecule has 1 amide bonds. The first-order valence-corrected chi connectivity index (χ1v) is 6.26. The van der Waals surface area contributed by atoms with Gasteiger partial charge in [-0.15, -0.1) is 0 Å². The summed E-state index contributed by atoms with van der Waals surface area (Å²) in [6, 6.07) is 1.95. The minimum absolute atomic E-state index is 0.0129. The van der Waals surface area contributed by atoms with Gasteiger partial charge in [0, 0.05) is 19.2 Å². The normalized spacial score (nSPS) is 17.7. The van der Waals surface area contributed by atoms with Crippen LogP contribution in [0.25, 0.3) is 0 Å². The van der Waals surface area contributed by atoms with Gasteiger partial charge in [0.25, 0.3) is 5.91 Å². The summed E-state index contributed by atoms with van der Waals surface area (Å²) < 4.78 is 0. The molecule has 3 N–H and O–H groups in total. The maximum atomic E-state index is 12.2. The van der Waals surface area contributed by atoms with E-state index >= 15 is 0 Å². The second-order valence-electron chi connectivity index (χ2n) is 4.77. The average Bonchev–Trinajstić information content (AvgIpc) is 2.60. The van der Waals surface area contributed by atoms with Gasteiger partial charge in [-0.1, -0.05) is 25.7 Å². The quantitative estimate of drug-likeness (QED) is 0.769. The van der Waals surface area contributed by atoms with Crippen molar-refractivity contribution in [3.05, 3.63) is 11.8 Å². The number of nitrogen functional groups attached to an aromatic ring is 1. The van der Waals surface area contributed by atoms with E-state index in [2.05, 4.69) is 10.2 Å². The molecule has 1 aliphatic rings. The smallest absolute Gasteiger partial charge is 0.271 e.